The molecule has 0 N–H and O–H groups in total. The van der Waals surface area contributed by atoms with Gasteiger partial charge in [-0.05, 0) is 60.2 Å². The van der Waals surface area contributed by atoms with Crippen molar-refractivity contribution in [1.82, 2.24) is 9.21 Å². The molecule has 36 heavy (non-hydrogen) atoms. The molecule has 4 rings (SSSR count). The highest BCUT2D eigenvalue weighted by molar-refractivity contribution is 7.89. The molecule has 0 bridgehead atoms. The van der Waals surface area contributed by atoms with E-state index in [0.29, 0.717) is 19.4 Å². The van der Waals surface area contributed by atoms with Gasteiger partial charge in [0.25, 0.3) is 0 Å². The predicted octanol–water partition coefficient (Wildman–Crippen LogP) is 6.75. The maximum Gasteiger partial charge on any atom is 0.245 e. The molecule has 0 atom stereocenters. The largest absolute Gasteiger partial charge is 0.332 e. The molecular formula is C26H27Cl2FN2O3S2. The normalized spacial score (nSPS) is 14.8. The second kappa shape index (κ2) is 12.0. The zero-order valence-electron chi connectivity index (χ0n) is 19.6. The summed E-state index contributed by atoms with van der Waals surface area (Å²) in [7, 11) is -4.10. The average molecular weight is 570 g/mol. The van der Waals surface area contributed by atoms with E-state index in [2.05, 4.69) is 0 Å². The molecule has 0 spiro atoms. The number of thiophene rings is 1. The quantitative estimate of drug-likeness (QED) is 0.287. The van der Waals surface area contributed by atoms with Crippen LogP contribution in [-0.4, -0.2) is 36.1 Å². The zero-order valence-corrected chi connectivity index (χ0v) is 22.7. The number of nitrogens with zero attached hydrogens (tertiary/aromatic N) is 2. The van der Waals surface area contributed by atoms with E-state index >= 15 is 0 Å². The summed E-state index contributed by atoms with van der Waals surface area (Å²) in [5.41, 5.74) is 0.756. The summed E-state index contributed by atoms with van der Waals surface area (Å²) < 4.78 is 42.4. The van der Waals surface area contributed by atoms with Gasteiger partial charge in [0.15, 0.2) is 0 Å². The van der Waals surface area contributed by atoms with Crippen LogP contribution >= 0.6 is 34.5 Å². The van der Waals surface area contributed by atoms with Gasteiger partial charge in [0, 0.05) is 22.5 Å². The lowest BCUT2D eigenvalue weighted by molar-refractivity contribution is -0.133. The van der Waals surface area contributed by atoms with Crippen molar-refractivity contribution in [2.45, 2.75) is 56.1 Å². The van der Waals surface area contributed by atoms with Gasteiger partial charge in [0.05, 0.1) is 18.1 Å². The van der Waals surface area contributed by atoms with Gasteiger partial charge in [-0.2, -0.15) is 4.31 Å². The van der Waals surface area contributed by atoms with E-state index in [9.17, 15) is 17.6 Å². The van der Waals surface area contributed by atoms with Crippen LogP contribution in [0.25, 0.3) is 0 Å². The molecule has 3 aromatic rings. The lowest BCUT2D eigenvalue weighted by Crippen LogP contribution is -2.47. The Hall–Kier alpha value is -1.97. The number of amides is 1. The first-order valence-electron chi connectivity index (χ1n) is 11.8. The fourth-order valence-electron chi connectivity index (χ4n) is 4.45. The van der Waals surface area contributed by atoms with E-state index in [0.717, 1.165) is 29.7 Å². The molecular weight excluding hydrogens is 542 g/mol. The number of halogens is 3. The van der Waals surface area contributed by atoms with Gasteiger partial charge in [-0.25, -0.2) is 12.8 Å². The minimum Gasteiger partial charge on any atom is -0.332 e. The Bertz CT molecular complexity index is 1280. The van der Waals surface area contributed by atoms with Gasteiger partial charge in [-0.1, -0.05) is 60.7 Å². The first-order valence-corrected chi connectivity index (χ1v) is 14.8. The molecule has 1 aliphatic carbocycles. The van der Waals surface area contributed by atoms with Crippen molar-refractivity contribution in [3.8, 4) is 0 Å². The summed E-state index contributed by atoms with van der Waals surface area (Å²) in [6.07, 6.45) is 4.16. The van der Waals surface area contributed by atoms with Crippen molar-refractivity contribution in [1.29, 1.82) is 0 Å². The number of hydrogen-bond acceptors (Lipinski definition) is 4. The van der Waals surface area contributed by atoms with Crippen LogP contribution in [0.15, 0.2) is 64.9 Å². The molecule has 0 radical (unpaired) electrons. The molecule has 1 heterocycles. The summed E-state index contributed by atoms with van der Waals surface area (Å²) in [6.45, 7) is 0.236. The number of rotatable bonds is 9. The first kappa shape index (κ1) is 27.1. The molecule has 2 aromatic carbocycles. The van der Waals surface area contributed by atoms with E-state index in [-0.39, 0.29) is 45.8 Å². The van der Waals surface area contributed by atoms with Crippen molar-refractivity contribution >= 4 is 50.5 Å². The summed E-state index contributed by atoms with van der Waals surface area (Å²) in [6, 6.07) is 13.8. The maximum atomic E-state index is 13.8. The van der Waals surface area contributed by atoms with Crippen LogP contribution in [0.3, 0.4) is 0 Å². The van der Waals surface area contributed by atoms with Gasteiger partial charge >= 0.3 is 0 Å². The zero-order chi connectivity index (χ0) is 25.7. The Morgan fingerprint density at radius 2 is 1.72 bits per heavy atom. The highest BCUT2D eigenvalue weighted by Crippen LogP contribution is 2.32. The van der Waals surface area contributed by atoms with Crippen LogP contribution in [0.4, 0.5) is 4.39 Å². The van der Waals surface area contributed by atoms with Gasteiger partial charge in [-0.15, -0.1) is 11.3 Å². The van der Waals surface area contributed by atoms with Crippen molar-refractivity contribution in [2.75, 3.05) is 6.54 Å². The van der Waals surface area contributed by atoms with E-state index in [1.165, 1.54) is 46.0 Å². The Labute approximate surface area is 225 Å². The molecule has 10 heteroatoms. The van der Waals surface area contributed by atoms with Crippen LogP contribution in [0, 0.1) is 5.82 Å². The minimum absolute atomic E-state index is 0.0643. The van der Waals surface area contributed by atoms with E-state index < -0.39 is 10.0 Å². The van der Waals surface area contributed by atoms with Gasteiger partial charge < -0.3 is 4.90 Å². The fourth-order valence-corrected chi connectivity index (χ4v) is 7.54. The second-order valence-electron chi connectivity index (χ2n) is 8.87. The molecule has 5 nitrogen and oxygen atoms in total. The lowest BCUT2D eigenvalue weighted by atomic mass is 9.95. The third-order valence-electron chi connectivity index (χ3n) is 6.32. The van der Waals surface area contributed by atoms with Crippen molar-refractivity contribution < 1.29 is 17.6 Å². The number of carbonyl (C=O) groups is 1. The molecule has 1 aliphatic rings. The Balaban J connectivity index is 1.65. The molecule has 0 aliphatic heterocycles. The molecule has 1 amide bonds. The van der Waals surface area contributed by atoms with Crippen LogP contribution in [0.2, 0.25) is 10.0 Å². The average Bonchev–Trinajstić information content (AvgIpc) is 3.38. The SMILES string of the molecule is O=C(CN(C1CCCCC1)S(=O)(=O)c1cc(Cl)ccc1Cl)N(Cc1ccc(F)cc1)Cc1cccs1. The lowest BCUT2D eigenvalue weighted by Gasteiger charge is -2.34. The monoisotopic (exact) mass is 568 g/mol. The van der Waals surface area contributed by atoms with Crippen molar-refractivity contribution in [2.24, 2.45) is 0 Å². The minimum atomic E-state index is -4.10. The van der Waals surface area contributed by atoms with Gasteiger partial charge in [0.2, 0.25) is 15.9 Å². The van der Waals surface area contributed by atoms with Crippen LogP contribution < -0.4 is 0 Å². The summed E-state index contributed by atoms with van der Waals surface area (Å²) >= 11 is 13.9. The Morgan fingerprint density at radius 1 is 1.00 bits per heavy atom. The van der Waals surface area contributed by atoms with Crippen LogP contribution in [-0.2, 0) is 27.9 Å². The highest BCUT2D eigenvalue weighted by atomic mass is 35.5. The maximum absolute atomic E-state index is 13.8. The molecule has 1 fully saturated rings. The number of sulfonamides is 1. The molecule has 0 saturated heterocycles. The summed E-state index contributed by atoms with van der Waals surface area (Å²) in [4.78, 5) is 16.2. The highest BCUT2D eigenvalue weighted by Gasteiger charge is 2.36. The molecule has 1 aromatic heterocycles. The fraction of sp³-hybridized carbons (Fsp3) is 0.346. The topological polar surface area (TPSA) is 57.7 Å². The van der Waals surface area contributed by atoms with E-state index in [1.54, 1.807) is 17.0 Å². The third kappa shape index (κ3) is 6.66. The van der Waals surface area contributed by atoms with Crippen molar-refractivity contribution in [3.63, 3.8) is 0 Å². The number of hydrogen-bond donors (Lipinski definition) is 0. The second-order valence-corrected chi connectivity index (χ2v) is 12.6. The van der Waals surface area contributed by atoms with Crippen molar-refractivity contribution in [3.05, 3.63) is 86.3 Å². The van der Waals surface area contributed by atoms with Gasteiger partial charge in [-0.3, -0.25) is 4.79 Å². The van der Waals surface area contributed by atoms with E-state index in [4.69, 9.17) is 23.2 Å². The standard InChI is InChI=1S/C26H27Cl2FN2O3S2/c27-20-10-13-24(28)25(15-20)36(33,34)31(22-5-2-1-3-6-22)18-26(32)30(17-23-7-4-14-35-23)16-19-8-11-21(29)12-9-19/h4,7-15,22H,1-3,5-6,16-18H2. The molecule has 192 valence electrons. The summed E-state index contributed by atoms with van der Waals surface area (Å²) in [5.74, 6) is -0.692. The van der Waals surface area contributed by atoms with Crippen LogP contribution in [0.1, 0.15) is 42.5 Å². The Kier molecular flexibility index (Phi) is 9.06. The third-order valence-corrected chi connectivity index (χ3v) is 9.80. The van der Waals surface area contributed by atoms with Gasteiger partial charge in [0.1, 0.15) is 10.7 Å². The first-order chi connectivity index (χ1) is 17.2. The van der Waals surface area contributed by atoms with Crippen LogP contribution in [0.5, 0.6) is 0 Å². The molecule has 0 unspecified atom stereocenters. The Morgan fingerprint density at radius 3 is 2.39 bits per heavy atom. The number of benzene rings is 2. The van der Waals surface area contributed by atoms with E-state index in [1.807, 2.05) is 17.5 Å². The smallest absolute Gasteiger partial charge is 0.245 e. The summed E-state index contributed by atoms with van der Waals surface area (Å²) in [5, 5.41) is 2.24. The molecule has 1 saturated carbocycles. The predicted molar refractivity (Wildman–Crippen MR) is 142 cm³/mol. The number of carbonyl (C=O) groups excluding carboxylic acids is 1.